The molecular weight excluding hydrogens is 420 g/mol. The van der Waals surface area contributed by atoms with Crippen LogP contribution in [0.5, 0.6) is 5.75 Å². The maximum absolute atomic E-state index is 12.3. The number of anilines is 1. The van der Waals surface area contributed by atoms with Crippen LogP contribution in [0.15, 0.2) is 53.1 Å². The highest BCUT2D eigenvalue weighted by atomic mass is 32.2. The van der Waals surface area contributed by atoms with Crippen molar-refractivity contribution in [2.75, 3.05) is 17.6 Å². The van der Waals surface area contributed by atoms with Crippen molar-refractivity contribution in [1.29, 1.82) is 0 Å². The standard InChI is InChI=1S/C21H24N4O5S/c1-14-6-5-7-16(12-14)20-23-19(30-24-20)13-22-21(26)15(2)29-18-10-8-17(9-11-18)25(3)31(4,27)28/h5-12,15H,13H2,1-4H3,(H,22,26)/t15-/m0/s1. The van der Waals surface area contributed by atoms with E-state index in [1.54, 1.807) is 31.2 Å². The first-order valence-corrected chi connectivity index (χ1v) is 11.4. The summed E-state index contributed by atoms with van der Waals surface area (Å²) >= 11 is 0. The number of aromatic nitrogens is 2. The average molecular weight is 445 g/mol. The first-order chi connectivity index (χ1) is 14.6. The Balaban J connectivity index is 1.54. The van der Waals surface area contributed by atoms with Crippen LogP contribution >= 0.6 is 0 Å². The normalized spacial score (nSPS) is 12.3. The van der Waals surface area contributed by atoms with Gasteiger partial charge < -0.3 is 14.6 Å². The van der Waals surface area contributed by atoms with Gasteiger partial charge in [0.15, 0.2) is 6.10 Å². The fourth-order valence-electron chi connectivity index (χ4n) is 2.72. The lowest BCUT2D eigenvalue weighted by Crippen LogP contribution is -2.36. The van der Waals surface area contributed by atoms with Crippen LogP contribution in [0.25, 0.3) is 11.4 Å². The number of rotatable bonds is 8. The fraction of sp³-hybridized carbons (Fsp3) is 0.286. The molecule has 9 nitrogen and oxygen atoms in total. The molecule has 31 heavy (non-hydrogen) atoms. The Morgan fingerprint density at radius 2 is 1.94 bits per heavy atom. The highest BCUT2D eigenvalue weighted by Crippen LogP contribution is 2.21. The fourth-order valence-corrected chi connectivity index (χ4v) is 3.22. The highest BCUT2D eigenvalue weighted by Gasteiger charge is 2.17. The SMILES string of the molecule is Cc1cccc(-c2noc(CNC(=O)[C@H](C)Oc3ccc(N(C)S(C)(=O)=O)cc3)n2)c1. The minimum absolute atomic E-state index is 0.0729. The summed E-state index contributed by atoms with van der Waals surface area (Å²) in [6, 6.07) is 14.1. The topological polar surface area (TPSA) is 115 Å². The van der Waals surface area contributed by atoms with Gasteiger partial charge >= 0.3 is 0 Å². The number of ether oxygens (including phenoxy) is 1. The molecule has 1 heterocycles. The van der Waals surface area contributed by atoms with Gasteiger partial charge in [-0.25, -0.2) is 8.42 Å². The number of aryl methyl sites for hydroxylation is 1. The summed E-state index contributed by atoms with van der Waals surface area (Å²) in [4.78, 5) is 16.6. The summed E-state index contributed by atoms with van der Waals surface area (Å²) < 4.78 is 35.2. The number of hydrogen-bond donors (Lipinski definition) is 1. The number of amides is 1. The summed E-state index contributed by atoms with van der Waals surface area (Å²) in [6.07, 6.45) is 0.342. The van der Waals surface area contributed by atoms with Gasteiger partial charge in [0.2, 0.25) is 21.7 Å². The Kier molecular flexibility index (Phi) is 6.59. The first kappa shape index (κ1) is 22.3. The number of benzene rings is 2. The summed E-state index contributed by atoms with van der Waals surface area (Å²) in [5.74, 6) is 0.821. The molecule has 0 unspecified atom stereocenters. The number of sulfonamides is 1. The molecule has 0 fully saturated rings. The molecule has 10 heteroatoms. The Hall–Kier alpha value is -3.40. The maximum Gasteiger partial charge on any atom is 0.261 e. The van der Waals surface area contributed by atoms with Crippen molar-refractivity contribution in [3.63, 3.8) is 0 Å². The van der Waals surface area contributed by atoms with E-state index >= 15 is 0 Å². The molecule has 2 aromatic carbocycles. The van der Waals surface area contributed by atoms with Crippen molar-refractivity contribution in [3.05, 3.63) is 60.0 Å². The van der Waals surface area contributed by atoms with E-state index in [1.807, 2.05) is 31.2 Å². The van der Waals surface area contributed by atoms with Gasteiger partial charge in [-0.2, -0.15) is 4.98 Å². The summed E-state index contributed by atoms with van der Waals surface area (Å²) in [5.41, 5.74) is 2.41. The van der Waals surface area contributed by atoms with Crippen LogP contribution in [0, 0.1) is 6.92 Å². The molecule has 0 radical (unpaired) electrons. The highest BCUT2D eigenvalue weighted by molar-refractivity contribution is 7.92. The van der Waals surface area contributed by atoms with Gasteiger partial charge in [0.05, 0.1) is 18.5 Å². The monoisotopic (exact) mass is 444 g/mol. The first-order valence-electron chi connectivity index (χ1n) is 9.51. The molecule has 164 valence electrons. The molecule has 1 amide bonds. The van der Waals surface area contributed by atoms with Gasteiger partial charge in [-0.3, -0.25) is 9.10 Å². The summed E-state index contributed by atoms with van der Waals surface area (Å²) in [7, 11) is -1.89. The predicted octanol–water partition coefficient (Wildman–Crippen LogP) is 2.52. The third-order valence-corrected chi connectivity index (χ3v) is 5.74. The van der Waals surface area contributed by atoms with Gasteiger partial charge in [0.1, 0.15) is 5.75 Å². The van der Waals surface area contributed by atoms with Gasteiger partial charge in [-0.05, 0) is 44.2 Å². The van der Waals surface area contributed by atoms with E-state index in [0.29, 0.717) is 17.3 Å². The molecule has 1 atom stereocenters. The molecule has 0 bridgehead atoms. The van der Waals surface area contributed by atoms with E-state index in [-0.39, 0.29) is 18.3 Å². The molecule has 3 aromatic rings. The van der Waals surface area contributed by atoms with Crippen LogP contribution in [0.1, 0.15) is 18.4 Å². The molecule has 3 rings (SSSR count). The van der Waals surface area contributed by atoms with Crippen molar-refractivity contribution >= 4 is 21.6 Å². The van der Waals surface area contributed by atoms with Gasteiger partial charge in [-0.1, -0.05) is 28.9 Å². The molecule has 0 aliphatic heterocycles. The van der Waals surface area contributed by atoms with Gasteiger partial charge in [-0.15, -0.1) is 0 Å². The predicted molar refractivity (Wildman–Crippen MR) is 116 cm³/mol. The zero-order chi connectivity index (χ0) is 22.6. The zero-order valence-electron chi connectivity index (χ0n) is 17.7. The molecule has 0 spiro atoms. The Morgan fingerprint density at radius 1 is 1.23 bits per heavy atom. The lowest BCUT2D eigenvalue weighted by Gasteiger charge is -2.18. The molecule has 0 saturated heterocycles. The minimum atomic E-state index is -3.35. The quantitative estimate of drug-likeness (QED) is 0.568. The lowest BCUT2D eigenvalue weighted by atomic mass is 10.1. The van der Waals surface area contributed by atoms with E-state index in [0.717, 1.165) is 21.7 Å². The average Bonchev–Trinajstić information content (AvgIpc) is 3.20. The largest absolute Gasteiger partial charge is 0.481 e. The minimum Gasteiger partial charge on any atom is -0.481 e. The summed E-state index contributed by atoms with van der Waals surface area (Å²) in [5, 5.41) is 6.64. The van der Waals surface area contributed by atoms with Crippen molar-refractivity contribution in [1.82, 2.24) is 15.5 Å². The van der Waals surface area contributed by atoms with Crippen molar-refractivity contribution in [2.45, 2.75) is 26.5 Å². The van der Waals surface area contributed by atoms with Gasteiger partial charge in [0.25, 0.3) is 5.91 Å². The second-order valence-corrected chi connectivity index (χ2v) is 9.10. The third kappa shape index (κ3) is 5.82. The van der Waals surface area contributed by atoms with Gasteiger partial charge in [0, 0.05) is 12.6 Å². The molecule has 1 N–H and O–H groups in total. The number of carbonyl (C=O) groups excluding carboxylic acids is 1. The van der Waals surface area contributed by atoms with Crippen LogP contribution in [-0.4, -0.2) is 43.9 Å². The van der Waals surface area contributed by atoms with Crippen LogP contribution < -0.4 is 14.4 Å². The molecule has 1 aromatic heterocycles. The lowest BCUT2D eigenvalue weighted by molar-refractivity contribution is -0.127. The van der Waals surface area contributed by atoms with E-state index in [1.165, 1.54) is 7.05 Å². The van der Waals surface area contributed by atoms with E-state index in [9.17, 15) is 13.2 Å². The molecule has 0 aliphatic rings. The van der Waals surface area contributed by atoms with Crippen molar-refractivity contribution in [2.24, 2.45) is 0 Å². The Morgan fingerprint density at radius 3 is 2.58 bits per heavy atom. The molecule has 0 aliphatic carbocycles. The van der Waals surface area contributed by atoms with Crippen molar-refractivity contribution < 1.29 is 22.5 Å². The number of carbonyl (C=O) groups is 1. The zero-order valence-corrected chi connectivity index (χ0v) is 18.5. The van der Waals surface area contributed by atoms with E-state index in [4.69, 9.17) is 9.26 Å². The third-order valence-electron chi connectivity index (χ3n) is 4.54. The maximum atomic E-state index is 12.3. The Bertz CT molecular complexity index is 1160. The van der Waals surface area contributed by atoms with Crippen LogP contribution in [0.2, 0.25) is 0 Å². The second-order valence-electron chi connectivity index (χ2n) is 7.08. The number of nitrogens with one attached hydrogen (secondary N) is 1. The number of nitrogens with zero attached hydrogens (tertiary/aromatic N) is 3. The van der Waals surface area contributed by atoms with E-state index < -0.39 is 16.1 Å². The molecular formula is C21H24N4O5S. The Labute approximate surface area is 181 Å². The van der Waals surface area contributed by atoms with Crippen LogP contribution in [0.4, 0.5) is 5.69 Å². The number of hydrogen-bond acceptors (Lipinski definition) is 7. The van der Waals surface area contributed by atoms with Crippen molar-refractivity contribution in [3.8, 4) is 17.1 Å². The second kappa shape index (κ2) is 9.17. The van der Waals surface area contributed by atoms with Crippen LogP contribution in [-0.2, 0) is 21.4 Å². The summed E-state index contributed by atoms with van der Waals surface area (Å²) in [6.45, 7) is 3.66. The van der Waals surface area contributed by atoms with E-state index in [2.05, 4.69) is 15.5 Å². The molecule has 0 saturated carbocycles. The van der Waals surface area contributed by atoms with Crippen LogP contribution in [0.3, 0.4) is 0 Å². The smallest absolute Gasteiger partial charge is 0.261 e.